The Kier molecular flexibility index (Phi) is 3.67. The second-order valence-electron chi connectivity index (χ2n) is 4.19. The van der Waals surface area contributed by atoms with Crippen molar-refractivity contribution in [3.63, 3.8) is 0 Å². The van der Waals surface area contributed by atoms with Crippen LogP contribution in [-0.2, 0) is 11.2 Å². The van der Waals surface area contributed by atoms with Crippen molar-refractivity contribution in [3.8, 4) is 0 Å². The molecule has 2 aromatic rings. The van der Waals surface area contributed by atoms with Crippen LogP contribution in [0.4, 0.5) is 11.6 Å². The van der Waals surface area contributed by atoms with E-state index in [1.807, 2.05) is 43.3 Å². The van der Waals surface area contributed by atoms with E-state index in [4.69, 9.17) is 0 Å². The maximum atomic E-state index is 11.1. The molecule has 0 saturated carbocycles. The molecule has 1 aromatic heterocycles. The van der Waals surface area contributed by atoms with Crippen molar-refractivity contribution in [2.45, 2.75) is 20.3 Å². The SMILES string of the molecule is CC(=O)Cc1cc(C)nc(Nc2ccccc2)n1. The zero-order chi connectivity index (χ0) is 13.0. The number of benzene rings is 1. The van der Waals surface area contributed by atoms with Gasteiger partial charge < -0.3 is 5.32 Å². The van der Waals surface area contributed by atoms with Gasteiger partial charge in [0.1, 0.15) is 5.78 Å². The molecular weight excluding hydrogens is 226 g/mol. The van der Waals surface area contributed by atoms with Gasteiger partial charge in [0.2, 0.25) is 5.95 Å². The second-order valence-corrected chi connectivity index (χ2v) is 4.19. The first kappa shape index (κ1) is 12.2. The Bertz CT molecular complexity index is 552. The first-order valence-corrected chi connectivity index (χ1v) is 5.79. The quantitative estimate of drug-likeness (QED) is 0.894. The van der Waals surface area contributed by atoms with Gasteiger partial charge in [0.25, 0.3) is 0 Å². The van der Waals surface area contributed by atoms with E-state index in [1.165, 1.54) is 0 Å². The van der Waals surface area contributed by atoms with Crippen molar-refractivity contribution in [2.75, 3.05) is 5.32 Å². The zero-order valence-electron chi connectivity index (χ0n) is 10.5. The molecule has 0 spiro atoms. The third-order valence-corrected chi connectivity index (χ3v) is 2.37. The van der Waals surface area contributed by atoms with Crippen molar-refractivity contribution >= 4 is 17.4 Å². The summed E-state index contributed by atoms with van der Waals surface area (Å²) in [4.78, 5) is 19.7. The highest BCUT2D eigenvalue weighted by molar-refractivity contribution is 5.77. The van der Waals surface area contributed by atoms with E-state index in [0.29, 0.717) is 12.4 Å². The summed E-state index contributed by atoms with van der Waals surface area (Å²) in [5.74, 6) is 0.621. The largest absolute Gasteiger partial charge is 0.324 e. The number of carbonyl (C=O) groups excluding carboxylic acids is 1. The number of ketones is 1. The lowest BCUT2D eigenvalue weighted by Gasteiger charge is -2.07. The number of nitrogens with one attached hydrogen (secondary N) is 1. The molecule has 0 aliphatic rings. The van der Waals surface area contributed by atoms with Crippen LogP contribution in [0.1, 0.15) is 18.3 Å². The Morgan fingerprint density at radius 1 is 1.22 bits per heavy atom. The Morgan fingerprint density at radius 2 is 1.94 bits per heavy atom. The van der Waals surface area contributed by atoms with Crippen LogP contribution in [0.5, 0.6) is 0 Å². The number of anilines is 2. The Balaban J connectivity index is 2.23. The van der Waals surface area contributed by atoms with Crippen LogP contribution < -0.4 is 5.32 Å². The molecule has 1 heterocycles. The Morgan fingerprint density at radius 3 is 2.61 bits per heavy atom. The number of para-hydroxylation sites is 1. The molecule has 0 aliphatic heterocycles. The van der Waals surface area contributed by atoms with E-state index in [2.05, 4.69) is 15.3 Å². The van der Waals surface area contributed by atoms with Gasteiger partial charge in [-0.15, -0.1) is 0 Å². The molecule has 92 valence electrons. The summed E-state index contributed by atoms with van der Waals surface area (Å²) in [5.41, 5.74) is 2.52. The van der Waals surface area contributed by atoms with Gasteiger partial charge in [-0.1, -0.05) is 18.2 Å². The summed E-state index contributed by atoms with van der Waals surface area (Å²) < 4.78 is 0. The first-order valence-electron chi connectivity index (χ1n) is 5.79. The van der Waals surface area contributed by atoms with Crippen LogP contribution in [0.2, 0.25) is 0 Å². The molecule has 0 atom stereocenters. The highest BCUT2D eigenvalue weighted by Crippen LogP contribution is 2.13. The van der Waals surface area contributed by atoms with Gasteiger partial charge in [0, 0.05) is 17.8 Å². The van der Waals surface area contributed by atoms with Crippen LogP contribution in [-0.4, -0.2) is 15.8 Å². The van der Waals surface area contributed by atoms with Crippen LogP contribution in [0.3, 0.4) is 0 Å². The molecular formula is C14H15N3O. The third kappa shape index (κ3) is 3.38. The molecule has 18 heavy (non-hydrogen) atoms. The fraction of sp³-hybridized carbons (Fsp3) is 0.214. The number of Topliss-reactive ketones (excluding diaryl/α,β-unsaturated/α-hetero) is 1. The van der Waals surface area contributed by atoms with Crippen LogP contribution in [0.15, 0.2) is 36.4 Å². The fourth-order valence-electron chi connectivity index (χ4n) is 1.69. The van der Waals surface area contributed by atoms with Gasteiger partial charge in [0.05, 0.1) is 5.69 Å². The average molecular weight is 241 g/mol. The predicted molar refractivity (Wildman–Crippen MR) is 70.9 cm³/mol. The Hall–Kier alpha value is -2.23. The smallest absolute Gasteiger partial charge is 0.227 e. The summed E-state index contributed by atoms with van der Waals surface area (Å²) in [6, 6.07) is 11.5. The minimum atomic E-state index is 0.0961. The summed E-state index contributed by atoms with van der Waals surface area (Å²) in [5, 5.41) is 3.12. The van der Waals surface area contributed by atoms with E-state index in [0.717, 1.165) is 17.1 Å². The number of carbonyl (C=O) groups is 1. The maximum Gasteiger partial charge on any atom is 0.227 e. The molecule has 0 fully saturated rings. The van der Waals surface area contributed by atoms with Gasteiger partial charge >= 0.3 is 0 Å². The minimum Gasteiger partial charge on any atom is -0.324 e. The van der Waals surface area contributed by atoms with Gasteiger partial charge in [-0.25, -0.2) is 9.97 Å². The number of hydrogen-bond acceptors (Lipinski definition) is 4. The summed E-state index contributed by atoms with van der Waals surface area (Å²) >= 11 is 0. The summed E-state index contributed by atoms with van der Waals surface area (Å²) in [7, 11) is 0. The lowest BCUT2D eigenvalue weighted by molar-refractivity contribution is -0.116. The third-order valence-electron chi connectivity index (χ3n) is 2.37. The van der Waals surface area contributed by atoms with Gasteiger partial charge in [-0.2, -0.15) is 0 Å². The lowest BCUT2D eigenvalue weighted by Crippen LogP contribution is -2.05. The summed E-state index contributed by atoms with van der Waals surface area (Å²) in [6.07, 6.45) is 0.340. The maximum absolute atomic E-state index is 11.1. The van der Waals surface area contributed by atoms with Crippen molar-refractivity contribution in [1.29, 1.82) is 0 Å². The van der Waals surface area contributed by atoms with Crippen molar-refractivity contribution in [1.82, 2.24) is 9.97 Å². The second kappa shape index (κ2) is 5.40. The molecule has 4 nitrogen and oxygen atoms in total. The van der Waals surface area contributed by atoms with Crippen LogP contribution in [0, 0.1) is 6.92 Å². The molecule has 0 amide bonds. The highest BCUT2D eigenvalue weighted by atomic mass is 16.1. The molecule has 0 bridgehead atoms. The van der Waals surface area contributed by atoms with E-state index < -0.39 is 0 Å². The van der Waals surface area contributed by atoms with E-state index in [1.54, 1.807) is 6.92 Å². The number of nitrogens with zero attached hydrogens (tertiary/aromatic N) is 2. The molecule has 0 aliphatic carbocycles. The van der Waals surface area contributed by atoms with Crippen molar-refractivity contribution < 1.29 is 4.79 Å². The van der Waals surface area contributed by atoms with Gasteiger partial charge in [-0.3, -0.25) is 4.79 Å². The van der Waals surface area contributed by atoms with Crippen molar-refractivity contribution in [3.05, 3.63) is 47.8 Å². The average Bonchev–Trinajstić information content (AvgIpc) is 2.28. The minimum absolute atomic E-state index is 0.0961. The fourth-order valence-corrected chi connectivity index (χ4v) is 1.69. The molecule has 4 heteroatoms. The number of hydrogen-bond donors (Lipinski definition) is 1. The lowest BCUT2D eigenvalue weighted by atomic mass is 10.2. The number of rotatable bonds is 4. The molecule has 0 saturated heterocycles. The van der Waals surface area contributed by atoms with Crippen molar-refractivity contribution in [2.24, 2.45) is 0 Å². The van der Waals surface area contributed by atoms with Gasteiger partial charge in [-0.05, 0) is 32.0 Å². The van der Waals surface area contributed by atoms with Crippen LogP contribution in [0.25, 0.3) is 0 Å². The normalized spacial score (nSPS) is 10.1. The van der Waals surface area contributed by atoms with E-state index in [-0.39, 0.29) is 5.78 Å². The molecule has 2 rings (SSSR count). The predicted octanol–water partition coefficient (Wildman–Crippen LogP) is 2.66. The van der Waals surface area contributed by atoms with Gasteiger partial charge in [0.15, 0.2) is 0 Å². The monoisotopic (exact) mass is 241 g/mol. The topological polar surface area (TPSA) is 54.9 Å². The van der Waals surface area contributed by atoms with E-state index >= 15 is 0 Å². The van der Waals surface area contributed by atoms with E-state index in [9.17, 15) is 4.79 Å². The summed E-state index contributed by atoms with van der Waals surface area (Å²) in [6.45, 7) is 3.45. The Labute approximate surface area is 106 Å². The number of aryl methyl sites for hydroxylation is 1. The standard InChI is InChI=1S/C14H15N3O/c1-10-8-13(9-11(2)18)17-14(15-10)16-12-6-4-3-5-7-12/h3-8H,9H2,1-2H3,(H,15,16,17). The molecule has 0 unspecified atom stereocenters. The first-order chi connectivity index (χ1) is 8.63. The molecule has 1 N–H and O–H groups in total. The molecule has 0 radical (unpaired) electrons. The van der Waals surface area contributed by atoms with Crippen LogP contribution >= 0.6 is 0 Å². The highest BCUT2D eigenvalue weighted by Gasteiger charge is 2.04. The zero-order valence-corrected chi connectivity index (χ0v) is 10.5. The number of aromatic nitrogens is 2. The molecule has 1 aromatic carbocycles.